The Kier molecular flexibility index (Phi) is 3.93. The molecule has 1 aliphatic rings. The maximum absolute atomic E-state index is 12.3. The third-order valence-corrected chi connectivity index (χ3v) is 4.66. The zero-order valence-corrected chi connectivity index (χ0v) is 14.3. The van der Waals surface area contributed by atoms with Gasteiger partial charge in [0, 0.05) is 22.9 Å². The van der Waals surface area contributed by atoms with Crippen molar-refractivity contribution in [1.82, 2.24) is 9.78 Å². The van der Waals surface area contributed by atoms with Gasteiger partial charge in [-0.3, -0.25) is 4.79 Å². The van der Waals surface area contributed by atoms with Crippen LogP contribution < -0.4 is 10.1 Å². The topological polar surface area (TPSA) is 56.1 Å². The second-order valence-corrected chi connectivity index (χ2v) is 6.35. The van der Waals surface area contributed by atoms with E-state index in [9.17, 15) is 4.79 Å². The van der Waals surface area contributed by atoms with Gasteiger partial charge in [0.05, 0.1) is 19.0 Å². The molecule has 0 spiro atoms. The lowest BCUT2D eigenvalue weighted by Crippen LogP contribution is -2.24. The first-order valence-electron chi connectivity index (χ1n) is 7.93. The van der Waals surface area contributed by atoms with Crippen LogP contribution in [-0.2, 0) is 4.79 Å². The van der Waals surface area contributed by atoms with Crippen LogP contribution >= 0.6 is 11.6 Å². The van der Waals surface area contributed by atoms with Gasteiger partial charge in [-0.15, -0.1) is 0 Å². The number of hydrogen-bond acceptors (Lipinski definition) is 3. The lowest BCUT2D eigenvalue weighted by atomic mass is 9.87. The van der Waals surface area contributed by atoms with Crippen molar-refractivity contribution < 1.29 is 9.53 Å². The maximum Gasteiger partial charge on any atom is 0.226 e. The smallest absolute Gasteiger partial charge is 0.226 e. The standard InChI is InChI=1S/C19H16ClN3O2/c1-25-15-8-2-12(3-9-15)16-10-18(24)22-19-17(16)11-21-23(19)14-6-4-13(20)5-7-14/h2-9,11,16H,10H2,1H3,(H,22,24)/t16-/m0/s1. The first kappa shape index (κ1) is 15.7. The van der Waals surface area contributed by atoms with Crippen LogP contribution in [0.1, 0.15) is 23.5 Å². The van der Waals surface area contributed by atoms with Crippen molar-refractivity contribution in [1.29, 1.82) is 0 Å². The van der Waals surface area contributed by atoms with Gasteiger partial charge in [-0.2, -0.15) is 5.10 Å². The number of methoxy groups -OCH3 is 1. The van der Waals surface area contributed by atoms with Crippen molar-refractivity contribution in [2.75, 3.05) is 12.4 Å². The van der Waals surface area contributed by atoms with E-state index in [2.05, 4.69) is 10.4 Å². The summed E-state index contributed by atoms with van der Waals surface area (Å²) in [5.41, 5.74) is 2.91. The highest BCUT2D eigenvalue weighted by Crippen LogP contribution is 2.38. The lowest BCUT2D eigenvalue weighted by molar-refractivity contribution is -0.116. The maximum atomic E-state index is 12.3. The molecule has 6 heteroatoms. The summed E-state index contributed by atoms with van der Waals surface area (Å²) in [4.78, 5) is 12.3. The molecule has 0 unspecified atom stereocenters. The third-order valence-electron chi connectivity index (χ3n) is 4.41. The monoisotopic (exact) mass is 353 g/mol. The number of ether oxygens (including phenoxy) is 1. The van der Waals surface area contributed by atoms with Crippen molar-refractivity contribution >= 4 is 23.3 Å². The van der Waals surface area contributed by atoms with E-state index in [1.807, 2.05) is 42.6 Å². The molecule has 5 nitrogen and oxygen atoms in total. The number of hydrogen-bond donors (Lipinski definition) is 1. The highest BCUT2D eigenvalue weighted by atomic mass is 35.5. The second-order valence-electron chi connectivity index (χ2n) is 5.91. The molecule has 2 aromatic carbocycles. The fourth-order valence-corrected chi connectivity index (χ4v) is 3.26. The molecule has 1 N–H and O–H groups in total. The number of benzene rings is 2. The van der Waals surface area contributed by atoms with Gasteiger partial charge < -0.3 is 10.1 Å². The Morgan fingerprint density at radius 2 is 1.88 bits per heavy atom. The molecular weight excluding hydrogens is 338 g/mol. The van der Waals surface area contributed by atoms with Crippen LogP contribution in [-0.4, -0.2) is 22.8 Å². The molecule has 0 aliphatic carbocycles. The number of carbonyl (C=O) groups is 1. The zero-order chi connectivity index (χ0) is 17.4. The van der Waals surface area contributed by atoms with Crippen LogP contribution in [0.3, 0.4) is 0 Å². The summed E-state index contributed by atoms with van der Waals surface area (Å²) in [6.07, 6.45) is 2.21. The summed E-state index contributed by atoms with van der Waals surface area (Å²) >= 11 is 5.96. The van der Waals surface area contributed by atoms with E-state index in [1.165, 1.54) is 0 Å². The zero-order valence-electron chi connectivity index (χ0n) is 13.6. The van der Waals surface area contributed by atoms with Gasteiger partial charge in [0.15, 0.2) is 0 Å². The number of nitrogens with one attached hydrogen (secondary N) is 1. The fraction of sp³-hybridized carbons (Fsp3) is 0.158. The van der Waals surface area contributed by atoms with E-state index in [0.717, 1.165) is 22.6 Å². The van der Waals surface area contributed by atoms with E-state index in [0.29, 0.717) is 17.3 Å². The Balaban J connectivity index is 1.76. The summed E-state index contributed by atoms with van der Waals surface area (Å²) < 4.78 is 6.95. The second kappa shape index (κ2) is 6.26. The minimum Gasteiger partial charge on any atom is -0.497 e. The quantitative estimate of drug-likeness (QED) is 0.774. The van der Waals surface area contributed by atoms with Crippen molar-refractivity contribution in [2.24, 2.45) is 0 Å². The van der Waals surface area contributed by atoms with Crippen molar-refractivity contribution in [3.63, 3.8) is 0 Å². The predicted octanol–water partition coefficient (Wildman–Crippen LogP) is 4.01. The molecule has 126 valence electrons. The summed E-state index contributed by atoms with van der Waals surface area (Å²) in [6, 6.07) is 15.2. The van der Waals surface area contributed by atoms with E-state index in [-0.39, 0.29) is 11.8 Å². The number of fused-ring (bicyclic) bond motifs is 1. The SMILES string of the molecule is COc1ccc([C@@H]2CC(=O)Nc3c2cnn3-c2ccc(Cl)cc2)cc1. The number of rotatable bonds is 3. The minimum absolute atomic E-state index is 0.0240. The Hall–Kier alpha value is -2.79. The van der Waals surface area contributed by atoms with Crippen LogP contribution in [0.4, 0.5) is 5.82 Å². The molecular formula is C19H16ClN3O2. The van der Waals surface area contributed by atoms with Gasteiger partial charge in [-0.1, -0.05) is 23.7 Å². The molecule has 4 rings (SSSR count). The van der Waals surface area contributed by atoms with Gasteiger partial charge in [-0.25, -0.2) is 4.68 Å². The number of amides is 1. The number of halogens is 1. The Morgan fingerprint density at radius 3 is 2.56 bits per heavy atom. The Labute approximate surface area is 150 Å². The molecule has 3 aromatic rings. The highest BCUT2D eigenvalue weighted by Gasteiger charge is 2.30. The Bertz CT molecular complexity index is 917. The predicted molar refractivity (Wildman–Crippen MR) is 96.7 cm³/mol. The van der Waals surface area contributed by atoms with E-state index >= 15 is 0 Å². The van der Waals surface area contributed by atoms with Crippen LogP contribution in [0.5, 0.6) is 5.75 Å². The van der Waals surface area contributed by atoms with Gasteiger partial charge in [0.1, 0.15) is 11.6 Å². The van der Waals surface area contributed by atoms with E-state index < -0.39 is 0 Å². The summed E-state index contributed by atoms with van der Waals surface area (Å²) in [6.45, 7) is 0. The summed E-state index contributed by atoms with van der Waals surface area (Å²) in [7, 11) is 1.64. The van der Waals surface area contributed by atoms with Crippen molar-refractivity contribution in [3.8, 4) is 11.4 Å². The normalized spacial score (nSPS) is 16.2. The lowest BCUT2D eigenvalue weighted by Gasteiger charge is -2.24. The molecule has 0 saturated carbocycles. The molecule has 1 aliphatic heterocycles. The average molecular weight is 354 g/mol. The molecule has 2 heterocycles. The molecule has 0 bridgehead atoms. The van der Waals surface area contributed by atoms with Gasteiger partial charge in [0.2, 0.25) is 5.91 Å². The number of aromatic nitrogens is 2. The number of nitrogens with zero attached hydrogens (tertiary/aromatic N) is 2. The van der Waals surface area contributed by atoms with Crippen molar-refractivity contribution in [3.05, 3.63) is 70.9 Å². The summed E-state index contributed by atoms with van der Waals surface area (Å²) in [5.74, 6) is 1.44. The molecule has 1 amide bonds. The van der Waals surface area contributed by atoms with Gasteiger partial charge >= 0.3 is 0 Å². The number of anilines is 1. The number of carbonyl (C=O) groups excluding carboxylic acids is 1. The van der Waals surface area contributed by atoms with Crippen LogP contribution in [0.25, 0.3) is 5.69 Å². The molecule has 0 fully saturated rings. The minimum atomic E-state index is -0.0318. The Morgan fingerprint density at radius 1 is 1.16 bits per heavy atom. The third kappa shape index (κ3) is 2.87. The highest BCUT2D eigenvalue weighted by molar-refractivity contribution is 6.30. The van der Waals surface area contributed by atoms with Gasteiger partial charge in [-0.05, 0) is 42.0 Å². The molecule has 1 atom stereocenters. The average Bonchev–Trinajstić information content (AvgIpc) is 3.05. The summed E-state index contributed by atoms with van der Waals surface area (Å²) in [5, 5.41) is 8.08. The van der Waals surface area contributed by atoms with Crippen LogP contribution in [0.2, 0.25) is 5.02 Å². The van der Waals surface area contributed by atoms with E-state index in [4.69, 9.17) is 16.3 Å². The van der Waals surface area contributed by atoms with Crippen molar-refractivity contribution in [2.45, 2.75) is 12.3 Å². The molecule has 25 heavy (non-hydrogen) atoms. The molecule has 1 aromatic heterocycles. The fourth-order valence-electron chi connectivity index (χ4n) is 3.13. The van der Waals surface area contributed by atoms with Crippen LogP contribution in [0.15, 0.2) is 54.7 Å². The van der Waals surface area contributed by atoms with Gasteiger partial charge in [0.25, 0.3) is 0 Å². The molecule has 0 radical (unpaired) electrons. The van der Waals surface area contributed by atoms with E-state index in [1.54, 1.807) is 23.9 Å². The molecule has 0 saturated heterocycles. The first-order valence-corrected chi connectivity index (χ1v) is 8.31. The van der Waals surface area contributed by atoms with Crippen LogP contribution in [0, 0.1) is 0 Å². The first-order chi connectivity index (χ1) is 12.2. The largest absolute Gasteiger partial charge is 0.497 e.